The zero-order valence-corrected chi connectivity index (χ0v) is 14.1. The largest absolute Gasteiger partial charge is 0.486 e. The Hall–Kier alpha value is -0.680. The van der Waals surface area contributed by atoms with Crippen LogP contribution in [0.5, 0.6) is 11.5 Å². The Morgan fingerprint density at radius 1 is 1.23 bits per heavy atom. The first-order valence-corrected chi connectivity index (χ1v) is 8.13. The Morgan fingerprint density at radius 3 is 2.91 bits per heavy atom. The van der Waals surface area contributed by atoms with Gasteiger partial charge in [0.1, 0.15) is 13.2 Å². The number of hydrogen-bond acceptors (Lipinski definition) is 4. The second kappa shape index (κ2) is 6.44. The molecule has 0 amide bonds. The zero-order valence-electron chi connectivity index (χ0n) is 12.6. The van der Waals surface area contributed by atoms with Gasteiger partial charge in [-0.05, 0) is 49.0 Å². The second-order valence-electron chi connectivity index (χ2n) is 6.49. The van der Waals surface area contributed by atoms with Crippen LogP contribution >= 0.6 is 24.0 Å². The van der Waals surface area contributed by atoms with Crippen LogP contribution in [-0.4, -0.2) is 44.3 Å². The molecule has 1 unspecified atom stereocenters. The molecule has 1 N–H and O–H groups in total. The highest BCUT2D eigenvalue weighted by Crippen LogP contribution is 2.40. The average Bonchev–Trinajstić information content (AvgIpc) is 3.10. The third kappa shape index (κ3) is 3.02. The molecule has 0 aliphatic carbocycles. The molecule has 1 atom stereocenters. The van der Waals surface area contributed by atoms with Crippen LogP contribution in [0.4, 0.5) is 0 Å². The summed E-state index contributed by atoms with van der Waals surface area (Å²) in [6.07, 6.45) is 2.61. The van der Waals surface area contributed by atoms with Crippen LogP contribution in [0.1, 0.15) is 18.4 Å². The Kier molecular flexibility index (Phi) is 4.74. The van der Waals surface area contributed by atoms with Crippen LogP contribution in [0.2, 0.25) is 5.02 Å². The highest BCUT2D eigenvalue weighted by Gasteiger charge is 2.40. The standard InChI is InChI=1S/C16H21ClN2O2.ClH/c17-13-7-12(8-14-15(13)21-6-5-20-14)9-19-4-2-16(11-19)1-3-18-10-16;/h7-8,18H,1-6,9-11H2;1H. The minimum atomic E-state index is 0. The van der Waals surface area contributed by atoms with Crippen molar-refractivity contribution in [2.24, 2.45) is 5.41 Å². The van der Waals surface area contributed by atoms with E-state index in [1.807, 2.05) is 6.07 Å². The van der Waals surface area contributed by atoms with E-state index < -0.39 is 0 Å². The molecule has 4 rings (SSSR count). The van der Waals surface area contributed by atoms with Crippen molar-refractivity contribution in [2.75, 3.05) is 39.4 Å². The van der Waals surface area contributed by atoms with E-state index >= 15 is 0 Å². The molecule has 0 bridgehead atoms. The fraction of sp³-hybridized carbons (Fsp3) is 0.625. The summed E-state index contributed by atoms with van der Waals surface area (Å²) in [6, 6.07) is 4.10. The monoisotopic (exact) mass is 344 g/mol. The van der Waals surface area contributed by atoms with Gasteiger partial charge in [0, 0.05) is 19.6 Å². The van der Waals surface area contributed by atoms with Crippen LogP contribution < -0.4 is 14.8 Å². The Balaban J connectivity index is 0.00000144. The molecule has 2 saturated heterocycles. The van der Waals surface area contributed by atoms with Gasteiger partial charge >= 0.3 is 0 Å². The van der Waals surface area contributed by atoms with Gasteiger partial charge in [-0.3, -0.25) is 4.90 Å². The molecule has 0 aromatic heterocycles. The number of fused-ring (bicyclic) bond motifs is 1. The van der Waals surface area contributed by atoms with Gasteiger partial charge < -0.3 is 14.8 Å². The number of nitrogens with one attached hydrogen (secondary N) is 1. The van der Waals surface area contributed by atoms with Gasteiger partial charge in [0.15, 0.2) is 11.5 Å². The molecule has 4 nitrogen and oxygen atoms in total. The predicted octanol–water partition coefficient (Wildman–Crippen LogP) is 2.72. The summed E-state index contributed by atoms with van der Waals surface area (Å²) in [5.41, 5.74) is 1.73. The quantitative estimate of drug-likeness (QED) is 0.894. The van der Waals surface area contributed by atoms with E-state index in [9.17, 15) is 0 Å². The van der Waals surface area contributed by atoms with E-state index in [0.29, 0.717) is 29.4 Å². The number of hydrogen-bond donors (Lipinski definition) is 1. The average molecular weight is 345 g/mol. The minimum Gasteiger partial charge on any atom is -0.486 e. The number of likely N-dealkylation sites (tertiary alicyclic amines) is 1. The van der Waals surface area contributed by atoms with Gasteiger partial charge in [0.25, 0.3) is 0 Å². The fourth-order valence-corrected chi connectivity index (χ4v) is 4.11. The van der Waals surface area contributed by atoms with E-state index in [1.165, 1.54) is 44.6 Å². The molecule has 3 aliphatic rings. The smallest absolute Gasteiger partial charge is 0.179 e. The third-order valence-corrected chi connectivity index (χ3v) is 5.19. The SMILES string of the molecule is Cl.Clc1cc(CN2CCC3(CCNC3)C2)cc2c1OCCO2. The van der Waals surface area contributed by atoms with Gasteiger partial charge in [0.2, 0.25) is 0 Å². The molecule has 3 heterocycles. The number of rotatable bonds is 2. The maximum absolute atomic E-state index is 6.32. The van der Waals surface area contributed by atoms with Crippen LogP contribution in [0.3, 0.4) is 0 Å². The molecule has 22 heavy (non-hydrogen) atoms. The summed E-state index contributed by atoms with van der Waals surface area (Å²) in [7, 11) is 0. The molecule has 0 saturated carbocycles. The van der Waals surface area contributed by atoms with Gasteiger partial charge in [-0.1, -0.05) is 11.6 Å². The maximum Gasteiger partial charge on any atom is 0.179 e. The number of ether oxygens (including phenoxy) is 2. The van der Waals surface area contributed by atoms with Gasteiger partial charge in [-0.25, -0.2) is 0 Å². The molecular formula is C16H22Cl2N2O2. The number of nitrogens with zero attached hydrogens (tertiary/aromatic N) is 1. The van der Waals surface area contributed by atoms with Crippen molar-refractivity contribution in [1.29, 1.82) is 0 Å². The summed E-state index contributed by atoms with van der Waals surface area (Å²) >= 11 is 6.32. The van der Waals surface area contributed by atoms with E-state index in [0.717, 1.165) is 12.3 Å². The Bertz CT molecular complexity index is 547. The maximum atomic E-state index is 6.32. The first-order valence-electron chi connectivity index (χ1n) is 7.75. The van der Waals surface area contributed by atoms with Crippen LogP contribution in [0, 0.1) is 5.41 Å². The van der Waals surface area contributed by atoms with E-state index in [2.05, 4.69) is 16.3 Å². The van der Waals surface area contributed by atoms with Crippen molar-refractivity contribution in [3.05, 3.63) is 22.7 Å². The van der Waals surface area contributed by atoms with Crippen LogP contribution in [-0.2, 0) is 6.54 Å². The molecule has 6 heteroatoms. The van der Waals surface area contributed by atoms with Crippen molar-refractivity contribution in [2.45, 2.75) is 19.4 Å². The number of benzene rings is 1. The third-order valence-electron chi connectivity index (χ3n) is 4.91. The molecule has 1 spiro atoms. The van der Waals surface area contributed by atoms with Crippen molar-refractivity contribution in [1.82, 2.24) is 10.2 Å². The van der Waals surface area contributed by atoms with Crippen LogP contribution in [0.25, 0.3) is 0 Å². The highest BCUT2D eigenvalue weighted by atomic mass is 35.5. The summed E-state index contributed by atoms with van der Waals surface area (Å²) in [5.74, 6) is 1.49. The second-order valence-corrected chi connectivity index (χ2v) is 6.90. The lowest BCUT2D eigenvalue weighted by Gasteiger charge is -2.24. The molecule has 1 aromatic carbocycles. The van der Waals surface area contributed by atoms with Crippen molar-refractivity contribution in [3.63, 3.8) is 0 Å². The topological polar surface area (TPSA) is 33.7 Å². The zero-order chi connectivity index (χ0) is 14.3. The van der Waals surface area contributed by atoms with E-state index in [4.69, 9.17) is 21.1 Å². The normalized spacial score (nSPS) is 27.1. The molecule has 122 valence electrons. The molecular weight excluding hydrogens is 323 g/mol. The molecule has 3 aliphatic heterocycles. The lowest BCUT2D eigenvalue weighted by atomic mass is 9.86. The first-order chi connectivity index (χ1) is 10.2. The fourth-order valence-electron chi connectivity index (χ4n) is 3.82. The summed E-state index contributed by atoms with van der Waals surface area (Å²) in [5, 5.41) is 4.17. The van der Waals surface area contributed by atoms with Crippen LogP contribution in [0.15, 0.2) is 12.1 Å². The van der Waals surface area contributed by atoms with Gasteiger partial charge in [0.05, 0.1) is 5.02 Å². The lowest BCUT2D eigenvalue weighted by molar-refractivity contribution is 0.171. The lowest BCUT2D eigenvalue weighted by Crippen LogP contribution is -2.29. The predicted molar refractivity (Wildman–Crippen MR) is 89.5 cm³/mol. The number of halogens is 2. The van der Waals surface area contributed by atoms with Crippen molar-refractivity contribution >= 4 is 24.0 Å². The van der Waals surface area contributed by atoms with Gasteiger partial charge in [-0.15, -0.1) is 12.4 Å². The van der Waals surface area contributed by atoms with Crippen molar-refractivity contribution < 1.29 is 9.47 Å². The van der Waals surface area contributed by atoms with E-state index in [-0.39, 0.29) is 12.4 Å². The van der Waals surface area contributed by atoms with Gasteiger partial charge in [-0.2, -0.15) is 0 Å². The summed E-state index contributed by atoms with van der Waals surface area (Å²) in [4.78, 5) is 2.54. The molecule has 1 aromatic rings. The first kappa shape index (κ1) is 16.2. The summed E-state index contributed by atoms with van der Waals surface area (Å²) in [6.45, 7) is 6.83. The Labute approximate surface area is 142 Å². The van der Waals surface area contributed by atoms with E-state index in [1.54, 1.807) is 0 Å². The Morgan fingerprint density at radius 2 is 2.09 bits per heavy atom. The highest BCUT2D eigenvalue weighted by molar-refractivity contribution is 6.32. The molecule has 2 fully saturated rings. The minimum absolute atomic E-state index is 0. The molecule has 0 radical (unpaired) electrons. The summed E-state index contributed by atoms with van der Waals surface area (Å²) < 4.78 is 11.2. The van der Waals surface area contributed by atoms with Crippen molar-refractivity contribution in [3.8, 4) is 11.5 Å².